The standard InChI is InChI=1S/C14H18N2S/c1-11(9-15)7-8-14-16-13(10-17-14)12-5-3-2-4-6-12/h2-6,10-11H,7-9,15H2,1H3. The van der Waals surface area contributed by atoms with Crippen LogP contribution in [0.4, 0.5) is 0 Å². The number of thiazole rings is 1. The predicted octanol–water partition coefficient (Wildman–Crippen LogP) is 3.34. The molecule has 0 fully saturated rings. The smallest absolute Gasteiger partial charge is 0.0932 e. The summed E-state index contributed by atoms with van der Waals surface area (Å²) in [4.78, 5) is 4.66. The molecule has 2 N–H and O–H groups in total. The predicted molar refractivity (Wildman–Crippen MR) is 74.1 cm³/mol. The molecule has 1 aromatic heterocycles. The van der Waals surface area contributed by atoms with Gasteiger partial charge in [-0.05, 0) is 25.3 Å². The summed E-state index contributed by atoms with van der Waals surface area (Å²) >= 11 is 1.74. The number of aromatic nitrogens is 1. The van der Waals surface area contributed by atoms with Gasteiger partial charge in [-0.2, -0.15) is 0 Å². The molecule has 0 radical (unpaired) electrons. The summed E-state index contributed by atoms with van der Waals surface area (Å²) in [6.45, 7) is 2.95. The van der Waals surface area contributed by atoms with Crippen molar-refractivity contribution in [3.05, 3.63) is 40.7 Å². The van der Waals surface area contributed by atoms with Crippen molar-refractivity contribution in [3.63, 3.8) is 0 Å². The largest absolute Gasteiger partial charge is 0.330 e. The van der Waals surface area contributed by atoms with E-state index >= 15 is 0 Å². The molecule has 0 aliphatic carbocycles. The summed E-state index contributed by atoms with van der Waals surface area (Å²) in [7, 11) is 0. The second kappa shape index (κ2) is 5.94. The van der Waals surface area contributed by atoms with Crippen LogP contribution in [-0.2, 0) is 6.42 Å². The number of hydrogen-bond acceptors (Lipinski definition) is 3. The third-order valence-corrected chi connectivity index (χ3v) is 3.78. The van der Waals surface area contributed by atoms with Crippen LogP contribution in [0.1, 0.15) is 18.4 Å². The summed E-state index contributed by atoms with van der Waals surface area (Å²) in [5.74, 6) is 0.582. The van der Waals surface area contributed by atoms with E-state index in [1.807, 2.05) is 18.2 Å². The van der Waals surface area contributed by atoms with E-state index in [0.717, 1.165) is 25.1 Å². The molecule has 1 atom stereocenters. The van der Waals surface area contributed by atoms with Crippen LogP contribution in [0.15, 0.2) is 35.7 Å². The molecule has 2 rings (SSSR count). The number of nitrogens with two attached hydrogens (primary N) is 1. The van der Waals surface area contributed by atoms with Crippen molar-refractivity contribution in [2.24, 2.45) is 11.7 Å². The highest BCUT2D eigenvalue weighted by molar-refractivity contribution is 7.09. The number of aryl methyl sites for hydroxylation is 1. The molecule has 2 nitrogen and oxygen atoms in total. The van der Waals surface area contributed by atoms with Gasteiger partial charge in [0, 0.05) is 10.9 Å². The normalized spacial score (nSPS) is 12.6. The Morgan fingerprint density at radius 1 is 1.29 bits per heavy atom. The van der Waals surface area contributed by atoms with Gasteiger partial charge in [-0.15, -0.1) is 11.3 Å². The Balaban J connectivity index is 2.01. The Labute approximate surface area is 107 Å². The van der Waals surface area contributed by atoms with Crippen molar-refractivity contribution in [3.8, 4) is 11.3 Å². The highest BCUT2D eigenvalue weighted by Gasteiger charge is 2.06. The second-order valence-corrected chi connectivity index (χ2v) is 5.31. The van der Waals surface area contributed by atoms with E-state index < -0.39 is 0 Å². The van der Waals surface area contributed by atoms with Crippen molar-refractivity contribution in [2.75, 3.05) is 6.54 Å². The molecule has 0 saturated carbocycles. The van der Waals surface area contributed by atoms with Gasteiger partial charge < -0.3 is 5.73 Å². The zero-order chi connectivity index (χ0) is 12.1. The van der Waals surface area contributed by atoms with Gasteiger partial charge in [-0.25, -0.2) is 4.98 Å². The van der Waals surface area contributed by atoms with E-state index in [9.17, 15) is 0 Å². The van der Waals surface area contributed by atoms with Crippen LogP contribution in [-0.4, -0.2) is 11.5 Å². The maximum absolute atomic E-state index is 5.62. The molecule has 1 aromatic carbocycles. The zero-order valence-corrected chi connectivity index (χ0v) is 10.9. The highest BCUT2D eigenvalue weighted by atomic mass is 32.1. The van der Waals surface area contributed by atoms with Crippen LogP contribution in [0.2, 0.25) is 0 Å². The molecule has 0 amide bonds. The SMILES string of the molecule is CC(CN)CCc1nc(-c2ccccc2)cs1. The van der Waals surface area contributed by atoms with Gasteiger partial charge in [-0.3, -0.25) is 0 Å². The Kier molecular flexibility index (Phi) is 4.29. The fraction of sp³-hybridized carbons (Fsp3) is 0.357. The first-order valence-electron chi connectivity index (χ1n) is 5.99. The first-order chi connectivity index (χ1) is 8.29. The molecule has 90 valence electrons. The van der Waals surface area contributed by atoms with Crippen molar-refractivity contribution < 1.29 is 0 Å². The van der Waals surface area contributed by atoms with E-state index in [1.54, 1.807) is 11.3 Å². The highest BCUT2D eigenvalue weighted by Crippen LogP contribution is 2.22. The third kappa shape index (κ3) is 3.38. The fourth-order valence-electron chi connectivity index (χ4n) is 1.65. The molecule has 17 heavy (non-hydrogen) atoms. The topological polar surface area (TPSA) is 38.9 Å². The second-order valence-electron chi connectivity index (χ2n) is 4.37. The number of rotatable bonds is 5. The molecule has 0 bridgehead atoms. The summed E-state index contributed by atoms with van der Waals surface area (Å²) in [5.41, 5.74) is 7.90. The van der Waals surface area contributed by atoms with Crippen LogP contribution in [0.3, 0.4) is 0 Å². The first kappa shape index (κ1) is 12.3. The molecule has 3 heteroatoms. The van der Waals surface area contributed by atoms with E-state index in [2.05, 4.69) is 29.4 Å². The van der Waals surface area contributed by atoms with Gasteiger partial charge in [0.2, 0.25) is 0 Å². The molecule has 0 spiro atoms. The van der Waals surface area contributed by atoms with Crippen molar-refractivity contribution in [1.29, 1.82) is 0 Å². The van der Waals surface area contributed by atoms with Crippen LogP contribution >= 0.6 is 11.3 Å². The summed E-state index contributed by atoms with van der Waals surface area (Å²) in [6, 6.07) is 10.3. The maximum Gasteiger partial charge on any atom is 0.0932 e. The average molecular weight is 246 g/mol. The van der Waals surface area contributed by atoms with Gasteiger partial charge in [0.05, 0.1) is 10.7 Å². The molecule has 2 aromatic rings. The van der Waals surface area contributed by atoms with Crippen molar-refractivity contribution >= 4 is 11.3 Å². The Morgan fingerprint density at radius 3 is 2.76 bits per heavy atom. The van der Waals surface area contributed by atoms with Gasteiger partial charge >= 0.3 is 0 Å². The molecule has 0 aliphatic heterocycles. The maximum atomic E-state index is 5.62. The molecule has 0 aliphatic rings. The summed E-state index contributed by atoms with van der Waals surface area (Å²) in [5, 5.41) is 3.35. The van der Waals surface area contributed by atoms with Crippen LogP contribution in [0.25, 0.3) is 11.3 Å². The van der Waals surface area contributed by atoms with Gasteiger partial charge in [0.15, 0.2) is 0 Å². The van der Waals surface area contributed by atoms with Gasteiger partial charge in [0.1, 0.15) is 0 Å². The van der Waals surface area contributed by atoms with E-state index in [1.165, 1.54) is 10.6 Å². The molecule has 1 heterocycles. The molecular formula is C14H18N2S. The number of hydrogen-bond donors (Lipinski definition) is 1. The van der Waals surface area contributed by atoms with E-state index in [0.29, 0.717) is 5.92 Å². The van der Waals surface area contributed by atoms with Crippen molar-refractivity contribution in [1.82, 2.24) is 4.98 Å². The van der Waals surface area contributed by atoms with Gasteiger partial charge in [-0.1, -0.05) is 37.3 Å². The van der Waals surface area contributed by atoms with Crippen molar-refractivity contribution in [2.45, 2.75) is 19.8 Å². The minimum Gasteiger partial charge on any atom is -0.330 e. The Hall–Kier alpha value is -1.19. The minimum absolute atomic E-state index is 0.582. The van der Waals surface area contributed by atoms with E-state index in [-0.39, 0.29) is 0 Å². The van der Waals surface area contributed by atoms with E-state index in [4.69, 9.17) is 5.73 Å². The third-order valence-electron chi connectivity index (χ3n) is 2.87. The summed E-state index contributed by atoms with van der Waals surface area (Å²) < 4.78 is 0. The van der Waals surface area contributed by atoms with Crippen LogP contribution in [0, 0.1) is 5.92 Å². The number of nitrogens with zero attached hydrogens (tertiary/aromatic N) is 1. The molecular weight excluding hydrogens is 228 g/mol. The quantitative estimate of drug-likeness (QED) is 0.878. The fourth-order valence-corrected chi connectivity index (χ4v) is 2.48. The van der Waals surface area contributed by atoms with Crippen LogP contribution < -0.4 is 5.73 Å². The zero-order valence-electron chi connectivity index (χ0n) is 10.1. The average Bonchev–Trinajstić information content (AvgIpc) is 2.86. The lowest BCUT2D eigenvalue weighted by molar-refractivity contribution is 0.544. The Morgan fingerprint density at radius 2 is 2.06 bits per heavy atom. The number of benzene rings is 1. The summed E-state index contributed by atoms with van der Waals surface area (Å²) in [6.07, 6.45) is 2.16. The lowest BCUT2D eigenvalue weighted by atomic mass is 10.1. The lowest BCUT2D eigenvalue weighted by Crippen LogP contribution is -2.11. The Bertz CT molecular complexity index is 450. The molecule has 1 unspecified atom stereocenters. The lowest BCUT2D eigenvalue weighted by Gasteiger charge is -2.05. The van der Waals surface area contributed by atoms with Gasteiger partial charge in [0.25, 0.3) is 0 Å². The van der Waals surface area contributed by atoms with Crippen LogP contribution in [0.5, 0.6) is 0 Å². The minimum atomic E-state index is 0.582. The monoisotopic (exact) mass is 246 g/mol. The first-order valence-corrected chi connectivity index (χ1v) is 6.87. The molecule has 0 saturated heterocycles.